The van der Waals surface area contributed by atoms with Gasteiger partial charge in [0.25, 0.3) is 6.65 Å². The first-order chi connectivity index (χ1) is 6.37. The number of nitrogens with zero attached hydrogens (tertiary/aromatic N) is 1. The lowest BCUT2D eigenvalue weighted by atomic mass is 10.5. The van der Waals surface area contributed by atoms with Crippen molar-refractivity contribution in [3.63, 3.8) is 0 Å². The lowest BCUT2D eigenvalue weighted by Gasteiger charge is -2.27. The topological polar surface area (TPSA) is 49.4 Å². The van der Waals surface area contributed by atoms with E-state index in [0.717, 1.165) is 0 Å². The maximum atomic E-state index is 12.2. The Hall–Kier alpha value is 0.01000. The second-order valence-corrected chi connectivity index (χ2v) is 8.53. The molecule has 1 atom stereocenters. The van der Waals surface area contributed by atoms with E-state index in [4.69, 9.17) is 0 Å². The summed E-state index contributed by atoms with van der Waals surface area (Å²) in [6.07, 6.45) is 0.376. The molecule has 0 aliphatic heterocycles. The summed E-state index contributed by atoms with van der Waals surface area (Å²) in [6, 6.07) is 0. The van der Waals surface area contributed by atoms with E-state index in [2.05, 4.69) is 5.09 Å². The zero-order valence-corrected chi connectivity index (χ0v) is 11.1. The van der Waals surface area contributed by atoms with Crippen molar-refractivity contribution < 1.29 is 9.36 Å². The van der Waals surface area contributed by atoms with Gasteiger partial charge >= 0.3 is 0 Å². The van der Waals surface area contributed by atoms with E-state index >= 15 is 0 Å². The fourth-order valence-electron chi connectivity index (χ4n) is 0.935. The minimum atomic E-state index is -2.77. The van der Waals surface area contributed by atoms with Gasteiger partial charge in [-0.05, 0) is 7.05 Å². The molecule has 0 saturated heterocycles. The summed E-state index contributed by atoms with van der Waals surface area (Å²) in [5, 5.41) is 2.97. The van der Waals surface area contributed by atoms with Crippen LogP contribution in [0, 0.1) is 0 Å². The van der Waals surface area contributed by atoms with E-state index < -0.39 is 6.65 Å². The molecule has 0 aromatic heterocycles. The third-order valence-corrected chi connectivity index (χ3v) is 7.38. The summed E-state index contributed by atoms with van der Waals surface area (Å²) < 4.78 is 13.6. The van der Waals surface area contributed by atoms with Gasteiger partial charge in [-0.2, -0.15) is 0 Å². The molecule has 0 aliphatic carbocycles. The number of hydrogen-bond donors (Lipinski definition) is 1. The third-order valence-electron chi connectivity index (χ3n) is 1.69. The molecule has 0 bridgehead atoms. The molecule has 1 unspecified atom stereocenters. The van der Waals surface area contributed by atoms with Crippen LogP contribution >= 0.6 is 18.0 Å². The van der Waals surface area contributed by atoms with Gasteiger partial charge in [0.2, 0.25) is 5.91 Å². The Morgan fingerprint density at radius 1 is 1.57 bits per heavy atom. The van der Waals surface area contributed by atoms with Crippen molar-refractivity contribution in [3.05, 3.63) is 0 Å². The molecule has 1 N–H and O–H groups in total. The average molecular weight is 238 g/mol. The number of amides is 1. The van der Waals surface area contributed by atoms with Crippen LogP contribution in [0.1, 0.15) is 27.2 Å². The van der Waals surface area contributed by atoms with Crippen LogP contribution in [0.25, 0.3) is 0 Å². The first-order valence-corrected chi connectivity index (χ1v) is 7.76. The van der Waals surface area contributed by atoms with Crippen molar-refractivity contribution in [1.82, 2.24) is 9.76 Å². The normalized spacial score (nSPS) is 15.3. The maximum Gasteiger partial charge on any atom is 0.294 e. The summed E-state index contributed by atoms with van der Waals surface area (Å²) in [4.78, 5) is 11.4. The zero-order chi connectivity index (χ0) is 11.4. The molecular formula is C8H19N2O2PS. The molecule has 14 heavy (non-hydrogen) atoms. The van der Waals surface area contributed by atoms with Gasteiger partial charge in [-0.25, -0.2) is 5.09 Å². The lowest BCUT2D eigenvalue weighted by molar-refractivity contribution is -0.125. The van der Waals surface area contributed by atoms with Gasteiger partial charge in [0, 0.05) is 18.7 Å². The van der Waals surface area contributed by atoms with Gasteiger partial charge in [0.15, 0.2) is 0 Å². The highest BCUT2D eigenvalue weighted by molar-refractivity contribution is 8.57. The fraction of sp³-hybridized carbons (Fsp3) is 0.875. The molecule has 84 valence electrons. The molecule has 0 fully saturated rings. The van der Waals surface area contributed by atoms with Crippen molar-refractivity contribution >= 4 is 23.9 Å². The summed E-state index contributed by atoms with van der Waals surface area (Å²) >= 11 is 1.30. The second kappa shape index (κ2) is 5.79. The van der Waals surface area contributed by atoms with E-state index in [1.807, 2.05) is 13.8 Å². The molecule has 0 spiro atoms. The second-order valence-electron chi connectivity index (χ2n) is 3.17. The highest BCUT2D eigenvalue weighted by atomic mass is 32.7. The Morgan fingerprint density at radius 3 is 2.36 bits per heavy atom. The average Bonchev–Trinajstić information content (AvgIpc) is 2.14. The minimum absolute atomic E-state index is 0.101. The molecule has 0 radical (unpaired) electrons. The number of hydrogen-bond acceptors (Lipinski definition) is 3. The lowest BCUT2D eigenvalue weighted by Crippen LogP contribution is -2.27. The number of rotatable bonds is 5. The molecule has 0 aromatic carbocycles. The quantitative estimate of drug-likeness (QED) is 0.747. The predicted octanol–water partition coefficient (Wildman–Crippen LogP) is 2.32. The van der Waals surface area contributed by atoms with Crippen LogP contribution in [-0.2, 0) is 9.36 Å². The molecule has 6 heteroatoms. The maximum absolute atomic E-state index is 12.2. The zero-order valence-electron chi connectivity index (χ0n) is 9.40. The summed E-state index contributed by atoms with van der Waals surface area (Å²) in [7, 11) is 3.20. The minimum Gasteiger partial charge on any atom is -0.276 e. The van der Waals surface area contributed by atoms with E-state index in [0.29, 0.717) is 6.42 Å². The number of carbonyl (C=O) groups is 1. The molecule has 4 nitrogen and oxygen atoms in total. The highest BCUT2D eigenvalue weighted by Crippen LogP contribution is 2.58. The van der Waals surface area contributed by atoms with Gasteiger partial charge < -0.3 is 0 Å². The van der Waals surface area contributed by atoms with E-state index in [1.165, 1.54) is 16.1 Å². The molecule has 1 amide bonds. The molecule has 0 saturated carbocycles. The van der Waals surface area contributed by atoms with Crippen LogP contribution in [0.2, 0.25) is 0 Å². The van der Waals surface area contributed by atoms with Crippen LogP contribution in [0.4, 0.5) is 0 Å². The van der Waals surface area contributed by atoms with Gasteiger partial charge in [-0.15, -0.1) is 0 Å². The van der Waals surface area contributed by atoms with Crippen LogP contribution in [0.5, 0.6) is 0 Å². The monoisotopic (exact) mass is 238 g/mol. The van der Waals surface area contributed by atoms with E-state index in [1.54, 1.807) is 21.0 Å². The predicted molar refractivity (Wildman–Crippen MR) is 62.5 cm³/mol. The van der Waals surface area contributed by atoms with Gasteiger partial charge in [-0.1, -0.05) is 32.2 Å². The highest BCUT2D eigenvalue weighted by Gasteiger charge is 2.30. The van der Waals surface area contributed by atoms with E-state index in [-0.39, 0.29) is 11.2 Å². The van der Waals surface area contributed by atoms with Crippen molar-refractivity contribution in [2.45, 2.75) is 32.4 Å². The molecule has 0 rings (SSSR count). The van der Waals surface area contributed by atoms with Crippen LogP contribution in [0.15, 0.2) is 0 Å². The van der Waals surface area contributed by atoms with Gasteiger partial charge in [0.05, 0.1) is 0 Å². The Kier molecular flexibility index (Phi) is 5.79. The third kappa shape index (κ3) is 3.64. The number of nitrogens with one attached hydrogen (secondary N) is 1. The first kappa shape index (κ1) is 14.0. The molecule has 0 heterocycles. The Labute approximate surface area is 90.0 Å². The van der Waals surface area contributed by atoms with Crippen molar-refractivity contribution in [3.8, 4) is 0 Å². The largest absolute Gasteiger partial charge is 0.294 e. The van der Waals surface area contributed by atoms with Gasteiger partial charge in [-0.3, -0.25) is 14.0 Å². The Bertz CT molecular complexity index is 245. The Balaban J connectivity index is 4.68. The number of carbonyl (C=O) groups excluding carboxylic acids is 1. The smallest absolute Gasteiger partial charge is 0.276 e. The van der Waals surface area contributed by atoms with Crippen LogP contribution in [0.3, 0.4) is 0 Å². The van der Waals surface area contributed by atoms with E-state index in [9.17, 15) is 9.36 Å². The van der Waals surface area contributed by atoms with Gasteiger partial charge in [0.1, 0.15) is 0 Å². The molecule has 0 aromatic rings. The SMILES string of the molecule is CCC(=O)N(C)P(=O)(NC)SC(C)C. The summed E-state index contributed by atoms with van der Waals surface area (Å²) in [5.74, 6) is -0.101. The van der Waals surface area contributed by atoms with Crippen molar-refractivity contribution in [2.24, 2.45) is 0 Å². The van der Waals surface area contributed by atoms with Crippen molar-refractivity contribution in [1.29, 1.82) is 0 Å². The first-order valence-electron chi connectivity index (χ1n) is 4.61. The molecular weight excluding hydrogens is 219 g/mol. The summed E-state index contributed by atoms with van der Waals surface area (Å²) in [5.41, 5.74) is 0. The van der Waals surface area contributed by atoms with Crippen LogP contribution in [-0.4, -0.2) is 29.9 Å². The standard InChI is InChI=1S/C8H19N2O2PS/c1-6-8(11)10(5)13(12,9-4)14-7(2)3/h7H,6H2,1-5H3,(H,9,12). The van der Waals surface area contributed by atoms with Crippen LogP contribution < -0.4 is 5.09 Å². The Morgan fingerprint density at radius 2 is 2.07 bits per heavy atom. The molecule has 0 aliphatic rings. The fourth-order valence-corrected chi connectivity index (χ4v) is 5.22. The van der Waals surface area contributed by atoms with Crippen molar-refractivity contribution in [2.75, 3.05) is 14.1 Å². The summed E-state index contributed by atoms with van der Waals surface area (Å²) in [6.45, 7) is 2.91.